The van der Waals surface area contributed by atoms with Crippen molar-refractivity contribution in [2.45, 2.75) is 13.3 Å². The second-order valence-corrected chi connectivity index (χ2v) is 5.56. The molecule has 0 bridgehead atoms. The fourth-order valence-corrected chi connectivity index (χ4v) is 2.31. The molecule has 1 N–H and O–H groups in total. The van der Waals surface area contributed by atoms with E-state index in [0.29, 0.717) is 13.0 Å². The number of benzene rings is 1. The first kappa shape index (κ1) is 17.5. The number of carbonyl (C=O) groups is 2. The lowest BCUT2D eigenvalue weighted by Crippen LogP contribution is -2.38. The molecule has 6 heteroatoms. The molecule has 0 unspecified atom stereocenters. The molecule has 24 heavy (non-hydrogen) atoms. The standard InChI is InChI=1S/C18H21N3O3/c1-14(22)21(12-10-15-7-4-3-5-8-15)13-17(23)19-16-9-6-11-20(2)18(16)24/h3-9,11H,10,12-13H2,1-2H3,(H,19,23). The van der Waals surface area contributed by atoms with Gasteiger partial charge in [-0.15, -0.1) is 0 Å². The summed E-state index contributed by atoms with van der Waals surface area (Å²) in [5, 5.41) is 2.57. The van der Waals surface area contributed by atoms with Crippen molar-refractivity contribution in [3.05, 3.63) is 64.6 Å². The van der Waals surface area contributed by atoms with Gasteiger partial charge in [-0.25, -0.2) is 0 Å². The summed E-state index contributed by atoms with van der Waals surface area (Å²) < 4.78 is 1.38. The third kappa shape index (κ3) is 4.81. The molecule has 2 rings (SSSR count). The number of aromatic nitrogens is 1. The van der Waals surface area contributed by atoms with Crippen LogP contribution in [-0.2, 0) is 23.1 Å². The van der Waals surface area contributed by atoms with Gasteiger partial charge in [0.25, 0.3) is 5.56 Å². The van der Waals surface area contributed by atoms with Crippen molar-refractivity contribution in [3.8, 4) is 0 Å². The first-order valence-electron chi connectivity index (χ1n) is 7.72. The van der Waals surface area contributed by atoms with E-state index in [1.807, 2.05) is 30.3 Å². The van der Waals surface area contributed by atoms with Gasteiger partial charge in [0.1, 0.15) is 5.69 Å². The molecule has 0 aliphatic heterocycles. The topological polar surface area (TPSA) is 71.4 Å². The molecule has 0 saturated carbocycles. The van der Waals surface area contributed by atoms with Gasteiger partial charge < -0.3 is 14.8 Å². The van der Waals surface area contributed by atoms with Crippen LogP contribution in [0.3, 0.4) is 0 Å². The zero-order valence-corrected chi connectivity index (χ0v) is 13.9. The minimum absolute atomic E-state index is 0.0831. The Morgan fingerprint density at radius 2 is 1.83 bits per heavy atom. The van der Waals surface area contributed by atoms with Crippen molar-refractivity contribution >= 4 is 17.5 Å². The van der Waals surface area contributed by atoms with E-state index in [-0.39, 0.29) is 29.6 Å². The molecule has 1 heterocycles. The van der Waals surface area contributed by atoms with Crippen molar-refractivity contribution < 1.29 is 9.59 Å². The quantitative estimate of drug-likeness (QED) is 0.872. The number of nitrogens with zero attached hydrogens (tertiary/aromatic N) is 2. The van der Waals surface area contributed by atoms with Crippen LogP contribution < -0.4 is 10.9 Å². The summed E-state index contributed by atoms with van der Waals surface area (Å²) in [4.78, 5) is 37.3. The van der Waals surface area contributed by atoms with Gasteiger partial charge in [-0.1, -0.05) is 30.3 Å². The zero-order valence-electron chi connectivity index (χ0n) is 13.9. The van der Waals surface area contributed by atoms with E-state index >= 15 is 0 Å². The van der Waals surface area contributed by atoms with Crippen LogP contribution in [0.4, 0.5) is 5.69 Å². The Hall–Kier alpha value is -2.89. The van der Waals surface area contributed by atoms with Crippen LogP contribution >= 0.6 is 0 Å². The van der Waals surface area contributed by atoms with Gasteiger partial charge in [0.2, 0.25) is 11.8 Å². The Morgan fingerprint density at radius 3 is 2.50 bits per heavy atom. The van der Waals surface area contributed by atoms with E-state index in [4.69, 9.17) is 0 Å². The van der Waals surface area contributed by atoms with Crippen molar-refractivity contribution in [1.29, 1.82) is 0 Å². The maximum atomic E-state index is 12.1. The Bertz CT molecular complexity index is 769. The Morgan fingerprint density at radius 1 is 1.12 bits per heavy atom. The number of carbonyl (C=O) groups excluding carboxylic acids is 2. The Labute approximate surface area is 140 Å². The third-order valence-electron chi connectivity index (χ3n) is 3.69. The van der Waals surface area contributed by atoms with Gasteiger partial charge in [0, 0.05) is 26.7 Å². The number of nitrogens with one attached hydrogen (secondary N) is 1. The van der Waals surface area contributed by atoms with Gasteiger partial charge in [-0.05, 0) is 24.1 Å². The molecule has 2 aromatic rings. The molecule has 0 atom stereocenters. The van der Waals surface area contributed by atoms with Crippen molar-refractivity contribution in [1.82, 2.24) is 9.47 Å². The molecule has 126 valence electrons. The highest BCUT2D eigenvalue weighted by Crippen LogP contribution is 2.03. The first-order chi connectivity index (χ1) is 11.5. The number of rotatable bonds is 6. The summed E-state index contributed by atoms with van der Waals surface area (Å²) >= 11 is 0. The highest BCUT2D eigenvalue weighted by Gasteiger charge is 2.14. The molecule has 0 aliphatic carbocycles. The minimum Gasteiger partial charge on any atom is -0.333 e. The summed E-state index contributed by atoms with van der Waals surface area (Å²) in [5.74, 6) is -0.566. The summed E-state index contributed by atoms with van der Waals surface area (Å²) in [6.07, 6.45) is 2.28. The minimum atomic E-state index is -0.387. The Balaban J connectivity index is 1.97. The molecule has 0 radical (unpaired) electrons. The molecular formula is C18H21N3O3. The highest BCUT2D eigenvalue weighted by atomic mass is 16.2. The van der Waals surface area contributed by atoms with Crippen LogP contribution in [0.15, 0.2) is 53.5 Å². The molecular weight excluding hydrogens is 306 g/mol. The van der Waals surface area contributed by atoms with Gasteiger partial charge in [-0.3, -0.25) is 14.4 Å². The summed E-state index contributed by atoms with van der Waals surface area (Å²) in [5.41, 5.74) is 1.02. The lowest BCUT2D eigenvalue weighted by atomic mass is 10.1. The van der Waals surface area contributed by atoms with Crippen molar-refractivity contribution in [2.24, 2.45) is 7.05 Å². The number of hydrogen-bond acceptors (Lipinski definition) is 3. The van der Waals surface area contributed by atoms with Crippen LogP contribution in [0, 0.1) is 0 Å². The second-order valence-electron chi connectivity index (χ2n) is 5.56. The lowest BCUT2D eigenvalue weighted by molar-refractivity contribution is -0.132. The number of anilines is 1. The second kappa shape index (κ2) is 8.10. The number of aryl methyl sites for hydroxylation is 1. The summed E-state index contributed by atoms with van der Waals surface area (Å²) in [6, 6.07) is 13.0. The van der Waals surface area contributed by atoms with E-state index in [1.165, 1.54) is 16.4 Å². The number of hydrogen-bond donors (Lipinski definition) is 1. The van der Waals surface area contributed by atoms with Crippen LogP contribution in [0.5, 0.6) is 0 Å². The van der Waals surface area contributed by atoms with Crippen LogP contribution in [0.25, 0.3) is 0 Å². The average molecular weight is 327 g/mol. The average Bonchev–Trinajstić information content (AvgIpc) is 2.56. The number of pyridine rings is 1. The van der Waals surface area contributed by atoms with Gasteiger partial charge >= 0.3 is 0 Å². The van der Waals surface area contributed by atoms with Gasteiger partial charge in [0.05, 0.1) is 6.54 Å². The van der Waals surface area contributed by atoms with Crippen molar-refractivity contribution in [2.75, 3.05) is 18.4 Å². The number of amides is 2. The molecule has 0 saturated heterocycles. The van der Waals surface area contributed by atoms with E-state index in [9.17, 15) is 14.4 Å². The summed E-state index contributed by atoms with van der Waals surface area (Å²) in [7, 11) is 1.61. The third-order valence-corrected chi connectivity index (χ3v) is 3.69. The van der Waals surface area contributed by atoms with Crippen LogP contribution in [0.1, 0.15) is 12.5 Å². The van der Waals surface area contributed by atoms with Gasteiger partial charge in [-0.2, -0.15) is 0 Å². The van der Waals surface area contributed by atoms with E-state index in [2.05, 4.69) is 5.32 Å². The molecule has 1 aromatic heterocycles. The predicted molar refractivity (Wildman–Crippen MR) is 92.7 cm³/mol. The normalized spacial score (nSPS) is 10.2. The molecule has 2 amide bonds. The molecule has 0 fully saturated rings. The maximum absolute atomic E-state index is 12.1. The van der Waals surface area contributed by atoms with Crippen LogP contribution in [0.2, 0.25) is 0 Å². The Kier molecular flexibility index (Phi) is 5.89. The fraction of sp³-hybridized carbons (Fsp3) is 0.278. The zero-order chi connectivity index (χ0) is 17.5. The van der Waals surface area contributed by atoms with Crippen molar-refractivity contribution in [3.63, 3.8) is 0 Å². The van der Waals surface area contributed by atoms with Crippen LogP contribution in [-0.4, -0.2) is 34.4 Å². The monoisotopic (exact) mass is 327 g/mol. The predicted octanol–water partition coefficient (Wildman–Crippen LogP) is 1.42. The molecule has 6 nitrogen and oxygen atoms in total. The molecule has 1 aromatic carbocycles. The maximum Gasteiger partial charge on any atom is 0.274 e. The van der Waals surface area contributed by atoms with Gasteiger partial charge in [0.15, 0.2) is 0 Å². The molecule has 0 spiro atoms. The first-order valence-corrected chi connectivity index (χ1v) is 7.72. The fourth-order valence-electron chi connectivity index (χ4n) is 2.31. The SMILES string of the molecule is CC(=O)N(CCc1ccccc1)CC(=O)Nc1cccn(C)c1=O. The smallest absolute Gasteiger partial charge is 0.274 e. The van der Waals surface area contributed by atoms with E-state index in [0.717, 1.165) is 5.56 Å². The highest BCUT2D eigenvalue weighted by molar-refractivity contribution is 5.94. The molecule has 0 aliphatic rings. The summed E-state index contributed by atoms with van der Waals surface area (Å²) in [6.45, 7) is 1.79. The van der Waals surface area contributed by atoms with E-state index < -0.39 is 0 Å². The lowest BCUT2D eigenvalue weighted by Gasteiger charge is -2.20. The largest absolute Gasteiger partial charge is 0.333 e. The van der Waals surface area contributed by atoms with E-state index in [1.54, 1.807) is 25.4 Å².